The third-order valence-electron chi connectivity index (χ3n) is 2.49. The number of benzene rings is 1. The third-order valence-corrected chi connectivity index (χ3v) is 2.73. The second kappa shape index (κ2) is 5.99. The van der Waals surface area contributed by atoms with Crippen LogP contribution in [0.5, 0.6) is 5.75 Å². The fourth-order valence-electron chi connectivity index (χ4n) is 1.72. The summed E-state index contributed by atoms with van der Waals surface area (Å²) in [4.78, 5) is 0. The van der Waals surface area contributed by atoms with E-state index in [2.05, 4.69) is 12.2 Å². The molecule has 1 unspecified atom stereocenters. The van der Waals surface area contributed by atoms with Crippen molar-refractivity contribution in [3.05, 3.63) is 28.8 Å². The van der Waals surface area contributed by atoms with E-state index in [9.17, 15) is 0 Å². The molecule has 0 aliphatic heterocycles. The lowest BCUT2D eigenvalue weighted by molar-refractivity contribution is 0.398. The molecule has 3 heteroatoms. The smallest absolute Gasteiger partial charge is 0.123 e. The summed E-state index contributed by atoms with van der Waals surface area (Å²) >= 11 is 5.99. The first-order valence-corrected chi connectivity index (χ1v) is 5.61. The van der Waals surface area contributed by atoms with E-state index in [-0.39, 0.29) is 0 Å². The first kappa shape index (κ1) is 12.3. The fourth-order valence-corrected chi connectivity index (χ4v) is 1.90. The molecule has 84 valence electrons. The molecular formula is C12H18ClNO. The van der Waals surface area contributed by atoms with Gasteiger partial charge in [0.1, 0.15) is 5.75 Å². The van der Waals surface area contributed by atoms with Gasteiger partial charge in [-0.2, -0.15) is 0 Å². The van der Waals surface area contributed by atoms with Gasteiger partial charge in [0.05, 0.1) is 7.11 Å². The fraction of sp³-hybridized carbons (Fsp3) is 0.500. The van der Waals surface area contributed by atoms with Gasteiger partial charge in [-0.05, 0) is 31.7 Å². The number of ether oxygens (including phenoxy) is 1. The van der Waals surface area contributed by atoms with Crippen molar-refractivity contribution in [2.75, 3.05) is 14.2 Å². The van der Waals surface area contributed by atoms with Crippen LogP contribution in [-0.4, -0.2) is 14.2 Å². The van der Waals surface area contributed by atoms with Crippen molar-refractivity contribution >= 4 is 11.6 Å². The Labute approximate surface area is 96.6 Å². The van der Waals surface area contributed by atoms with E-state index < -0.39 is 0 Å². The molecule has 2 nitrogen and oxygen atoms in total. The Hall–Kier alpha value is -0.730. The van der Waals surface area contributed by atoms with Gasteiger partial charge in [-0.3, -0.25) is 0 Å². The van der Waals surface area contributed by atoms with Crippen LogP contribution in [0.25, 0.3) is 0 Å². The average Bonchev–Trinajstić information content (AvgIpc) is 2.26. The van der Waals surface area contributed by atoms with E-state index in [0.717, 1.165) is 29.2 Å². The SMILES string of the molecule is CCCC(NC)c1cc(Cl)ccc1OC. The molecule has 0 aliphatic rings. The summed E-state index contributed by atoms with van der Waals surface area (Å²) in [6.45, 7) is 2.17. The molecule has 1 rings (SSSR count). The summed E-state index contributed by atoms with van der Waals surface area (Å²) in [5.74, 6) is 0.896. The zero-order valence-electron chi connectivity index (χ0n) is 9.51. The van der Waals surface area contributed by atoms with Crippen molar-refractivity contribution < 1.29 is 4.74 Å². The normalized spacial score (nSPS) is 12.5. The highest BCUT2D eigenvalue weighted by Crippen LogP contribution is 2.30. The molecule has 0 amide bonds. The quantitative estimate of drug-likeness (QED) is 0.833. The van der Waals surface area contributed by atoms with E-state index in [1.165, 1.54) is 0 Å². The van der Waals surface area contributed by atoms with Gasteiger partial charge in [0.15, 0.2) is 0 Å². The van der Waals surface area contributed by atoms with Crippen LogP contribution >= 0.6 is 11.6 Å². The number of methoxy groups -OCH3 is 1. The van der Waals surface area contributed by atoms with Crippen molar-refractivity contribution in [2.45, 2.75) is 25.8 Å². The molecule has 0 spiro atoms. The number of halogens is 1. The predicted molar refractivity (Wildman–Crippen MR) is 64.7 cm³/mol. The monoisotopic (exact) mass is 227 g/mol. The van der Waals surface area contributed by atoms with Crippen LogP contribution in [0, 0.1) is 0 Å². The van der Waals surface area contributed by atoms with Gasteiger partial charge < -0.3 is 10.1 Å². The Balaban J connectivity index is 3.02. The zero-order valence-corrected chi connectivity index (χ0v) is 10.3. The molecule has 15 heavy (non-hydrogen) atoms. The molecule has 1 atom stereocenters. The molecule has 0 aliphatic carbocycles. The van der Waals surface area contributed by atoms with Crippen molar-refractivity contribution in [3.8, 4) is 5.75 Å². The Morgan fingerprint density at radius 1 is 1.47 bits per heavy atom. The highest BCUT2D eigenvalue weighted by atomic mass is 35.5. The molecule has 0 bridgehead atoms. The molecule has 0 fully saturated rings. The van der Waals surface area contributed by atoms with Gasteiger partial charge in [0.25, 0.3) is 0 Å². The van der Waals surface area contributed by atoms with Gasteiger partial charge in [0, 0.05) is 16.6 Å². The molecule has 0 radical (unpaired) electrons. The maximum absolute atomic E-state index is 5.99. The lowest BCUT2D eigenvalue weighted by Gasteiger charge is -2.18. The number of hydrogen-bond acceptors (Lipinski definition) is 2. The molecule has 1 N–H and O–H groups in total. The average molecular weight is 228 g/mol. The van der Waals surface area contributed by atoms with E-state index in [1.54, 1.807) is 7.11 Å². The van der Waals surface area contributed by atoms with Crippen LogP contribution in [0.3, 0.4) is 0 Å². The third kappa shape index (κ3) is 3.11. The van der Waals surface area contributed by atoms with E-state index in [0.29, 0.717) is 6.04 Å². The highest BCUT2D eigenvalue weighted by Gasteiger charge is 2.13. The molecule has 1 aromatic rings. The van der Waals surface area contributed by atoms with Gasteiger partial charge in [0.2, 0.25) is 0 Å². The van der Waals surface area contributed by atoms with E-state index in [4.69, 9.17) is 16.3 Å². The predicted octanol–water partition coefficient (Wildman–Crippen LogP) is 3.41. The van der Waals surface area contributed by atoms with Crippen LogP contribution in [0.15, 0.2) is 18.2 Å². The molecule has 0 saturated heterocycles. The summed E-state index contributed by atoms with van der Waals surface area (Å²) in [7, 11) is 3.64. The Morgan fingerprint density at radius 3 is 2.73 bits per heavy atom. The second-order valence-corrected chi connectivity index (χ2v) is 3.95. The summed E-state index contributed by atoms with van der Waals surface area (Å²) in [5, 5.41) is 4.03. The maximum Gasteiger partial charge on any atom is 0.123 e. The summed E-state index contributed by atoms with van der Waals surface area (Å²) in [6.07, 6.45) is 2.20. The van der Waals surface area contributed by atoms with Crippen LogP contribution in [0.4, 0.5) is 0 Å². The molecular weight excluding hydrogens is 210 g/mol. The summed E-state index contributed by atoms with van der Waals surface area (Å²) in [5.41, 5.74) is 1.13. The van der Waals surface area contributed by atoms with Crippen LogP contribution in [0.1, 0.15) is 31.4 Å². The number of hydrogen-bond donors (Lipinski definition) is 1. The summed E-state index contributed by atoms with van der Waals surface area (Å²) < 4.78 is 5.33. The van der Waals surface area contributed by atoms with Crippen molar-refractivity contribution in [3.63, 3.8) is 0 Å². The number of nitrogens with one attached hydrogen (secondary N) is 1. The summed E-state index contributed by atoms with van der Waals surface area (Å²) in [6, 6.07) is 6.04. The van der Waals surface area contributed by atoms with Crippen LogP contribution in [0.2, 0.25) is 5.02 Å². The van der Waals surface area contributed by atoms with Crippen molar-refractivity contribution in [2.24, 2.45) is 0 Å². The minimum Gasteiger partial charge on any atom is -0.496 e. The van der Waals surface area contributed by atoms with E-state index >= 15 is 0 Å². The zero-order chi connectivity index (χ0) is 11.3. The lowest BCUT2D eigenvalue weighted by Crippen LogP contribution is -2.16. The van der Waals surface area contributed by atoms with Gasteiger partial charge >= 0.3 is 0 Å². The standard InChI is InChI=1S/C12H18ClNO/c1-4-5-11(14-2)10-8-9(13)6-7-12(10)15-3/h6-8,11,14H,4-5H2,1-3H3. The number of rotatable bonds is 5. The van der Waals surface area contributed by atoms with Crippen molar-refractivity contribution in [1.82, 2.24) is 5.32 Å². The van der Waals surface area contributed by atoms with Gasteiger partial charge in [-0.15, -0.1) is 0 Å². The molecule has 1 aromatic carbocycles. The molecule has 0 aromatic heterocycles. The minimum absolute atomic E-state index is 0.309. The van der Waals surface area contributed by atoms with Crippen LogP contribution in [-0.2, 0) is 0 Å². The van der Waals surface area contributed by atoms with E-state index in [1.807, 2.05) is 25.2 Å². The largest absolute Gasteiger partial charge is 0.496 e. The second-order valence-electron chi connectivity index (χ2n) is 3.52. The Kier molecular flexibility index (Phi) is 4.92. The maximum atomic E-state index is 5.99. The minimum atomic E-state index is 0.309. The lowest BCUT2D eigenvalue weighted by atomic mass is 10.0. The van der Waals surface area contributed by atoms with Crippen molar-refractivity contribution in [1.29, 1.82) is 0 Å². The van der Waals surface area contributed by atoms with Crippen LogP contribution < -0.4 is 10.1 Å². The highest BCUT2D eigenvalue weighted by molar-refractivity contribution is 6.30. The van der Waals surface area contributed by atoms with Gasteiger partial charge in [-0.25, -0.2) is 0 Å². The topological polar surface area (TPSA) is 21.3 Å². The first-order chi connectivity index (χ1) is 7.22. The van der Waals surface area contributed by atoms with Gasteiger partial charge in [-0.1, -0.05) is 24.9 Å². The first-order valence-electron chi connectivity index (χ1n) is 5.23. The Morgan fingerprint density at radius 2 is 2.20 bits per heavy atom. The Bertz CT molecular complexity index is 314. The molecule has 0 heterocycles. The molecule has 0 saturated carbocycles.